The topological polar surface area (TPSA) is 58.2 Å². The number of hydrogen-bond donors (Lipinski definition) is 2. The standard InChI is InChI=1S/C21H24F2N2O2S.ClH/c1-2-28(26,27)25-20-18(24-16-12-21(20,23)13-16)11-15-9-6-10-17(19(15)22)14-7-4-3-5-8-14;/h3-10,16,18,20,24-25H,2,11-13H2,1H3;1H/t16?,18-,20+,21?;/m0./s1. The van der Waals surface area contributed by atoms with Gasteiger partial charge >= 0.3 is 0 Å². The zero-order valence-corrected chi connectivity index (χ0v) is 17.7. The number of fused-ring (bicyclic) bond motifs is 2. The van der Waals surface area contributed by atoms with Gasteiger partial charge in [-0.05, 0) is 37.3 Å². The molecule has 4 nitrogen and oxygen atoms in total. The molecule has 29 heavy (non-hydrogen) atoms. The van der Waals surface area contributed by atoms with Crippen molar-refractivity contribution in [1.82, 2.24) is 10.0 Å². The fourth-order valence-corrected chi connectivity index (χ4v) is 5.28. The van der Waals surface area contributed by atoms with Crippen LogP contribution in [-0.2, 0) is 16.4 Å². The molecule has 2 N–H and O–H groups in total. The monoisotopic (exact) mass is 442 g/mol. The molecular formula is C21H25ClF2N2O2S. The molecule has 5 rings (SSSR count). The number of sulfonamides is 1. The summed E-state index contributed by atoms with van der Waals surface area (Å²) in [6.45, 7) is 1.52. The molecule has 8 heteroatoms. The molecule has 0 unspecified atom stereocenters. The van der Waals surface area contributed by atoms with Gasteiger partial charge < -0.3 is 5.32 Å². The Kier molecular flexibility index (Phi) is 6.34. The maximum atomic E-state index is 15.2. The minimum absolute atomic E-state index is 0. The predicted octanol–water partition coefficient (Wildman–Crippen LogP) is 3.61. The second-order valence-electron chi connectivity index (χ2n) is 7.76. The van der Waals surface area contributed by atoms with E-state index >= 15 is 8.78 Å². The van der Waals surface area contributed by atoms with Gasteiger partial charge in [0.15, 0.2) is 0 Å². The van der Waals surface area contributed by atoms with Crippen LogP contribution in [0.1, 0.15) is 25.3 Å². The molecule has 0 aromatic heterocycles. The van der Waals surface area contributed by atoms with Crippen molar-refractivity contribution < 1.29 is 17.2 Å². The van der Waals surface area contributed by atoms with Gasteiger partial charge in [-0.1, -0.05) is 48.5 Å². The van der Waals surface area contributed by atoms with Gasteiger partial charge in [-0.25, -0.2) is 21.9 Å². The molecule has 3 fully saturated rings. The summed E-state index contributed by atoms with van der Waals surface area (Å²) < 4.78 is 57.1. The Hall–Kier alpha value is -1.54. The van der Waals surface area contributed by atoms with E-state index in [0.29, 0.717) is 11.1 Å². The van der Waals surface area contributed by atoms with E-state index in [1.807, 2.05) is 30.3 Å². The molecule has 3 aliphatic rings. The molecule has 2 saturated heterocycles. The quantitative estimate of drug-likeness (QED) is 0.718. The second-order valence-corrected chi connectivity index (χ2v) is 9.80. The average molecular weight is 443 g/mol. The van der Waals surface area contributed by atoms with Gasteiger partial charge in [0.25, 0.3) is 0 Å². The van der Waals surface area contributed by atoms with E-state index in [1.165, 1.54) is 6.92 Å². The van der Waals surface area contributed by atoms with Crippen LogP contribution in [0.5, 0.6) is 0 Å². The average Bonchev–Trinajstić information content (AvgIpc) is 2.65. The summed E-state index contributed by atoms with van der Waals surface area (Å²) in [6, 6.07) is 13.0. The first-order valence-corrected chi connectivity index (χ1v) is 11.2. The summed E-state index contributed by atoms with van der Waals surface area (Å²) in [5.41, 5.74) is 0.131. The van der Waals surface area contributed by atoms with Crippen molar-refractivity contribution in [1.29, 1.82) is 0 Å². The molecule has 2 bridgehead atoms. The molecular weight excluding hydrogens is 418 g/mol. The summed E-state index contributed by atoms with van der Waals surface area (Å²) in [6.07, 6.45) is 0.783. The SMILES string of the molecule is CCS(=O)(=O)N[C@@H]1[C@H](Cc2cccc(-c3ccccc3)c2F)NC2CC1(F)C2.Cl. The largest absolute Gasteiger partial charge is 0.309 e. The van der Waals surface area contributed by atoms with Crippen LogP contribution in [0.4, 0.5) is 8.78 Å². The van der Waals surface area contributed by atoms with E-state index in [0.717, 1.165) is 5.56 Å². The molecule has 0 amide bonds. The molecule has 1 aliphatic carbocycles. The summed E-state index contributed by atoms with van der Waals surface area (Å²) in [5.74, 6) is -0.465. The third kappa shape index (κ3) is 4.33. The van der Waals surface area contributed by atoms with Crippen molar-refractivity contribution in [3.05, 3.63) is 59.9 Å². The van der Waals surface area contributed by atoms with Gasteiger partial charge in [-0.2, -0.15) is 0 Å². The molecule has 0 spiro atoms. The fourth-order valence-electron chi connectivity index (χ4n) is 4.35. The number of benzene rings is 2. The zero-order valence-electron chi connectivity index (χ0n) is 16.1. The lowest BCUT2D eigenvalue weighted by Gasteiger charge is -2.56. The van der Waals surface area contributed by atoms with Gasteiger partial charge in [-0.15, -0.1) is 12.4 Å². The smallest absolute Gasteiger partial charge is 0.211 e. The van der Waals surface area contributed by atoms with E-state index in [-0.39, 0.29) is 49.3 Å². The highest BCUT2D eigenvalue weighted by molar-refractivity contribution is 7.89. The van der Waals surface area contributed by atoms with Crippen LogP contribution in [0.15, 0.2) is 48.5 Å². The van der Waals surface area contributed by atoms with Crippen molar-refractivity contribution in [2.45, 2.75) is 50.0 Å². The molecule has 2 atom stereocenters. The number of piperidine rings is 2. The Labute approximate surface area is 176 Å². The van der Waals surface area contributed by atoms with Crippen LogP contribution in [0.3, 0.4) is 0 Å². The second kappa shape index (κ2) is 8.30. The van der Waals surface area contributed by atoms with Crippen LogP contribution in [0.25, 0.3) is 11.1 Å². The van der Waals surface area contributed by atoms with E-state index in [4.69, 9.17) is 0 Å². The summed E-state index contributed by atoms with van der Waals surface area (Å²) in [4.78, 5) is 0. The van der Waals surface area contributed by atoms with E-state index < -0.39 is 27.8 Å². The highest BCUT2D eigenvalue weighted by atomic mass is 35.5. The summed E-state index contributed by atoms with van der Waals surface area (Å²) in [7, 11) is -3.58. The van der Waals surface area contributed by atoms with E-state index in [1.54, 1.807) is 18.2 Å². The minimum atomic E-state index is -3.58. The number of halogens is 3. The van der Waals surface area contributed by atoms with Crippen LogP contribution in [-0.4, -0.2) is 38.0 Å². The lowest BCUT2D eigenvalue weighted by molar-refractivity contribution is -0.0567. The Bertz CT molecular complexity index is 966. The Morgan fingerprint density at radius 3 is 2.48 bits per heavy atom. The van der Waals surface area contributed by atoms with Crippen molar-refractivity contribution in [2.75, 3.05) is 5.75 Å². The first kappa shape index (κ1) is 22.2. The van der Waals surface area contributed by atoms with Crippen LogP contribution < -0.4 is 10.0 Å². The van der Waals surface area contributed by atoms with Crippen LogP contribution in [0.2, 0.25) is 0 Å². The molecule has 2 aromatic rings. The van der Waals surface area contributed by atoms with Crippen molar-refractivity contribution >= 4 is 22.4 Å². The normalized spacial score (nSPS) is 28.3. The van der Waals surface area contributed by atoms with E-state index in [9.17, 15) is 8.42 Å². The molecule has 1 saturated carbocycles. The first-order valence-electron chi connectivity index (χ1n) is 9.59. The fraction of sp³-hybridized carbons (Fsp3) is 0.429. The molecule has 0 radical (unpaired) electrons. The third-order valence-corrected chi connectivity index (χ3v) is 7.24. The molecule has 158 valence electrons. The van der Waals surface area contributed by atoms with Gasteiger partial charge in [0, 0.05) is 17.6 Å². The summed E-state index contributed by atoms with van der Waals surface area (Å²) >= 11 is 0. The van der Waals surface area contributed by atoms with Gasteiger partial charge in [-0.3, -0.25) is 0 Å². The van der Waals surface area contributed by atoms with Crippen molar-refractivity contribution in [2.24, 2.45) is 0 Å². The van der Waals surface area contributed by atoms with Crippen molar-refractivity contribution in [3.63, 3.8) is 0 Å². The number of hydrogen-bond acceptors (Lipinski definition) is 3. The maximum absolute atomic E-state index is 15.2. The van der Waals surface area contributed by atoms with Gasteiger partial charge in [0.1, 0.15) is 11.5 Å². The Balaban J connectivity index is 0.00000240. The highest BCUT2D eigenvalue weighted by Crippen LogP contribution is 2.45. The van der Waals surface area contributed by atoms with Crippen LogP contribution >= 0.6 is 12.4 Å². The molecule has 2 aliphatic heterocycles. The predicted molar refractivity (Wildman–Crippen MR) is 113 cm³/mol. The summed E-state index contributed by atoms with van der Waals surface area (Å²) in [5, 5.41) is 3.31. The van der Waals surface area contributed by atoms with Gasteiger partial charge in [0.2, 0.25) is 10.0 Å². The highest BCUT2D eigenvalue weighted by Gasteiger charge is 2.58. The zero-order chi connectivity index (χ0) is 19.9. The number of nitrogens with one attached hydrogen (secondary N) is 2. The first-order chi connectivity index (χ1) is 13.3. The minimum Gasteiger partial charge on any atom is -0.309 e. The third-order valence-electron chi connectivity index (χ3n) is 5.87. The number of rotatable bonds is 6. The Morgan fingerprint density at radius 2 is 1.83 bits per heavy atom. The maximum Gasteiger partial charge on any atom is 0.211 e. The lowest BCUT2D eigenvalue weighted by atomic mass is 9.65. The van der Waals surface area contributed by atoms with E-state index in [2.05, 4.69) is 10.0 Å². The lowest BCUT2D eigenvalue weighted by Crippen LogP contribution is -2.75. The van der Waals surface area contributed by atoms with Crippen LogP contribution in [0, 0.1) is 5.82 Å². The van der Waals surface area contributed by atoms with Gasteiger partial charge in [0.05, 0.1) is 11.8 Å². The number of alkyl halides is 1. The molecule has 2 heterocycles. The Morgan fingerprint density at radius 1 is 1.14 bits per heavy atom. The molecule has 2 aromatic carbocycles. The van der Waals surface area contributed by atoms with Crippen molar-refractivity contribution in [3.8, 4) is 11.1 Å².